The van der Waals surface area contributed by atoms with E-state index in [9.17, 15) is 0 Å². The molecule has 0 aliphatic carbocycles. The number of aliphatic imine (C=N–C) groups is 1. The minimum Gasteiger partial charge on any atom is -0.493 e. The van der Waals surface area contributed by atoms with E-state index in [0.29, 0.717) is 30.3 Å². The Hall–Kier alpha value is -2.93. The highest BCUT2D eigenvalue weighted by molar-refractivity contribution is 5.79. The summed E-state index contributed by atoms with van der Waals surface area (Å²) in [7, 11) is 6.59. The largest absolute Gasteiger partial charge is 0.493 e. The molecule has 0 fully saturated rings. The van der Waals surface area contributed by atoms with Gasteiger partial charge in [0.05, 0.1) is 21.3 Å². The fraction of sp³-hybridized carbons (Fsp3) is 0.458. The lowest BCUT2D eigenvalue weighted by Crippen LogP contribution is -2.36. The van der Waals surface area contributed by atoms with Crippen LogP contribution in [0.2, 0.25) is 0 Å². The van der Waals surface area contributed by atoms with Gasteiger partial charge >= 0.3 is 0 Å². The maximum Gasteiger partial charge on any atom is 0.203 e. The van der Waals surface area contributed by atoms with E-state index in [1.807, 2.05) is 12.1 Å². The molecule has 0 amide bonds. The molecule has 2 aromatic carbocycles. The summed E-state index contributed by atoms with van der Waals surface area (Å²) in [5, 5.41) is 6.69. The summed E-state index contributed by atoms with van der Waals surface area (Å²) in [5.41, 5.74) is 3.54. The Morgan fingerprint density at radius 3 is 1.77 bits per heavy atom. The third-order valence-corrected chi connectivity index (χ3v) is 5.19. The lowest BCUT2D eigenvalue weighted by atomic mass is 10.1. The van der Waals surface area contributed by atoms with Crippen LogP contribution in [0.1, 0.15) is 30.5 Å². The molecule has 0 saturated carbocycles. The molecule has 7 heteroatoms. The molecule has 2 rings (SSSR count). The first-order chi connectivity index (χ1) is 15.1. The van der Waals surface area contributed by atoms with E-state index in [0.717, 1.165) is 31.2 Å². The zero-order valence-corrected chi connectivity index (χ0v) is 19.6. The van der Waals surface area contributed by atoms with Gasteiger partial charge in [0.2, 0.25) is 5.75 Å². The summed E-state index contributed by atoms with van der Waals surface area (Å²) in [6, 6.07) is 12.6. The Morgan fingerprint density at radius 2 is 1.32 bits per heavy atom. The first kappa shape index (κ1) is 24.3. The third kappa shape index (κ3) is 7.07. The van der Waals surface area contributed by atoms with Gasteiger partial charge in [-0.05, 0) is 41.9 Å². The molecule has 170 valence electrons. The molecule has 0 aliphatic heterocycles. The normalized spacial score (nSPS) is 11.4. The van der Waals surface area contributed by atoms with Crippen LogP contribution in [0.15, 0.2) is 41.4 Å². The van der Waals surface area contributed by atoms with E-state index < -0.39 is 0 Å². The van der Waals surface area contributed by atoms with Gasteiger partial charge in [0.15, 0.2) is 17.5 Å². The van der Waals surface area contributed by atoms with Crippen LogP contribution in [-0.2, 0) is 19.6 Å². The van der Waals surface area contributed by atoms with Gasteiger partial charge in [0.1, 0.15) is 0 Å². The number of hydrogen-bond acceptors (Lipinski definition) is 5. The predicted octanol–water partition coefficient (Wildman–Crippen LogP) is 3.42. The maximum absolute atomic E-state index is 5.42. The molecule has 0 atom stereocenters. The molecule has 0 bridgehead atoms. The van der Waals surface area contributed by atoms with Gasteiger partial charge in [-0.1, -0.05) is 38.1 Å². The number of benzene rings is 2. The van der Waals surface area contributed by atoms with Gasteiger partial charge in [-0.15, -0.1) is 0 Å². The lowest BCUT2D eigenvalue weighted by molar-refractivity contribution is 0.296. The topological polar surface area (TPSA) is 67.4 Å². The summed E-state index contributed by atoms with van der Waals surface area (Å²) in [5.74, 6) is 2.57. The Morgan fingerprint density at radius 1 is 0.806 bits per heavy atom. The van der Waals surface area contributed by atoms with Crippen molar-refractivity contribution in [1.29, 1.82) is 0 Å². The van der Waals surface area contributed by atoms with E-state index in [1.165, 1.54) is 11.1 Å². The second-order valence-corrected chi connectivity index (χ2v) is 7.09. The molecular formula is C24H36N4O3. The molecule has 0 radical (unpaired) electrons. The van der Waals surface area contributed by atoms with E-state index in [1.54, 1.807) is 28.4 Å². The Labute approximate surface area is 186 Å². The number of methoxy groups -OCH3 is 3. The minimum atomic E-state index is 0.569. The highest BCUT2D eigenvalue weighted by Gasteiger charge is 2.13. The van der Waals surface area contributed by atoms with Crippen LogP contribution in [0.3, 0.4) is 0 Å². The number of guanidine groups is 1. The van der Waals surface area contributed by atoms with Crippen molar-refractivity contribution >= 4 is 5.96 Å². The van der Waals surface area contributed by atoms with Gasteiger partial charge in [0.25, 0.3) is 0 Å². The molecule has 7 nitrogen and oxygen atoms in total. The highest BCUT2D eigenvalue weighted by Crippen LogP contribution is 2.38. The Balaban J connectivity index is 1.93. The summed E-state index contributed by atoms with van der Waals surface area (Å²) >= 11 is 0. The standard InChI is InChI=1S/C24H36N4O3/c1-7-28(8-2)17-19-11-9-18(10-12-19)15-26-24(25-3)27-16-20-13-21(29-4)23(31-6)22(14-20)30-5/h9-14H,7-8,15-17H2,1-6H3,(H2,25,26,27). The highest BCUT2D eigenvalue weighted by atomic mass is 16.5. The van der Waals surface area contributed by atoms with Crippen molar-refractivity contribution in [2.75, 3.05) is 41.5 Å². The van der Waals surface area contributed by atoms with E-state index in [2.05, 4.69) is 58.6 Å². The van der Waals surface area contributed by atoms with Crippen molar-refractivity contribution in [1.82, 2.24) is 15.5 Å². The second kappa shape index (κ2) is 12.7. The summed E-state index contributed by atoms with van der Waals surface area (Å²) in [6.07, 6.45) is 0. The quantitative estimate of drug-likeness (QED) is 0.422. The van der Waals surface area contributed by atoms with Gasteiger partial charge in [-0.3, -0.25) is 9.89 Å². The summed E-state index contributed by atoms with van der Waals surface area (Å²) in [6.45, 7) is 8.76. The van der Waals surface area contributed by atoms with Crippen LogP contribution in [0.25, 0.3) is 0 Å². The predicted molar refractivity (Wildman–Crippen MR) is 126 cm³/mol. The van der Waals surface area contributed by atoms with Crippen molar-refractivity contribution in [2.24, 2.45) is 4.99 Å². The van der Waals surface area contributed by atoms with Crippen molar-refractivity contribution in [3.63, 3.8) is 0 Å². The number of nitrogens with one attached hydrogen (secondary N) is 2. The monoisotopic (exact) mass is 428 g/mol. The summed E-state index contributed by atoms with van der Waals surface area (Å²) < 4.78 is 16.2. The van der Waals surface area contributed by atoms with Crippen LogP contribution in [-0.4, -0.2) is 52.3 Å². The molecule has 31 heavy (non-hydrogen) atoms. The van der Waals surface area contributed by atoms with E-state index in [4.69, 9.17) is 14.2 Å². The summed E-state index contributed by atoms with van der Waals surface area (Å²) in [4.78, 5) is 6.72. The number of nitrogens with zero attached hydrogens (tertiary/aromatic N) is 2. The average Bonchev–Trinajstić information content (AvgIpc) is 2.82. The van der Waals surface area contributed by atoms with Crippen LogP contribution in [0.5, 0.6) is 17.2 Å². The average molecular weight is 429 g/mol. The van der Waals surface area contributed by atoms with Crippen molar-refractivity contribution in [3.05, 3.63) is 53.1 Å². The van der Waals surface area contributed by atoms with Crippen LogP contribution in [0, 0.1) is 0 Å². The Bertz CT molecular complexity index is 808. The molecule has 0 heterocycles. The SMILES string of the molecule is CCN(CC)Cc1ccc(CNC(=NC)NCc2cc(OC)c(OC)c(OC)c2)cc1. The van der Waals surface area contributed by atoms with E-state index in [-0.39, 0.29) is 0 Å². The first-order valence-corrected chi connectivity index (χ1v) is 10.6. The second-order valence-electron chi connectivity index (χ2n) is 7.09. The fourth-order valence-corrected chi connectivity index (χ4v) is 3.30. The first-order valence-electron chi connectivity index (χ1n) is 10.6. The fourth-order valence-electron chi connectivity index (χ4n) is 3.30. The molecule has 2 N–H and O–H groups in total. The molecule has 0 unspecified atom stereocenters. The minimum absolute atomic E-state index is 0.569. The van der Waals surface area contributed by atoms with Crippen LogP contribution >= 0.6 is 0 Å². The maximum atomic E-state index is 5.42. The zero-order chi connectivity index (χ0) is 22.6. The van der Waals surface area contributed by atoms with Crippen LogP contribution < -0.4 is 24.8 Å². The van der Waals surface area contributed by atoms with Crippen molar-refractivity contribution in [3.8, 4) is 17.2 Å². The van der Waals surface area contributed by atoms with E-state index >= 15 is 0 Å². The smallest absolute Gasteiger partial charge is 0.203 e. The van der Waals surface area contributed by atoms with Gasteiger partial charge in [0, 0.05) is 26.7 Å². The van der Waals surface area contributed by atoms with Crippen molar-refractivity contribution < 1.29 is 14.2 Å². The third-order valence-electron chi connectivity index (χ3n) is 5.19. The van der Waals surface area contributed by atoms with Crippen molar-refractivity contribution in [2.45, 2.75) is 33.5 Å². The lowest BCUT2D eigenvalue weighted by Gasteiger charge is -2.18. The van der Waals surface area contributed by atoms with Gasteiger partial charge in [-0.2, -0.15) is 0 Å². The molecule has 0 aliphatic rings. The Kier molecular flexibility index (Phi) is 9.97. The molecule has 0 saturated heterocycles. The van der Waals surface area contributed by atoms with Crippen LogP contribution in [0.4, 0.5) is 0 Å². The molecule has 0 aromatic heterocycles. The number of hydrogen-bond donors (Lipinski definition) is 2. The molecular weight excluding hydrogens is 392 g/mol. The molecule has 2 aromatic rings. The number of rotatable bonds is 11. The molecule has 0 spiro atoms. The van der Waals surface area contributed by atoms with Gasteiger partial charge < -0.3 is 24.8 Å². The number of ether oxygens (including phenoxy) is 3. The van der Waals surface area contributed by atoms with Gasteiger partial charge in [-0.25, -0.2) is 0 Å². The zero-order valence-electron chi connectivity index (χ0n) is 19.6.